The van der Waals surface area contributed by atoms with Gasteiger partial charge in [-0.3, -0.25) is 9.67 Å². The van der Waals surface area contributed by atoms with Gasteiger partial charge >= 0.3 is 0 Å². The van der Waals surface area contributed by atoms with Crippen molar-refractivity contribution in [1.29, 1.82) is 0 Å². The van der Waals surface area contributed by atoms with Gasteiger partial charge in [0.15, 0.2) is 0 Å². The Morgan fingerprint density at radius 1 is 0.968 bits per heavy atom. The lowest BCUT2D eigenvalue weighted by Crippen LogP contribution is -2.20. The fourth-order valence-corrected chi connectivity index (χ4v) is 3.62. The van der Waals surface area contributed by atoms with E-state index in [2.05, 4.69) is 32.3 Å². The van der Waals surface area contributed by atoms with Crippen LogP contribution >= 0.6 is 0 Å². The maximum Gasteiger partial charge on any atom is 0.133 e. The predicted octanol–water partition coefficient (Wildman–Crippen LogP) is 3.99. The molecule has 0 atom stereocenters. The molecule has 4 aromatic rings. The highest BCUT2D eigenvalue weighted by Crippen LogP contribution is 2.38. The molecule has 1 fully saturated rings. The van der Waals surface area contributed by atoms with Gasteiger partial charge in [0, 0.05) is 43.2 Å². The Hall–Kier alpha value is -3.68. The minimum atomic E-state index is 0.685. The summed E-state index contributed by atoms with van der Waals surface area (Å²) in [5, 5.41) is 8.15. The summed E-state index contributed by atoms with van der Waals surface area (Å²) >= 11 is 0. The van der Waals surface area contributed by atoms with E-state index in [-0.39, 0.29) is 0 Å². The molecule has 0 aliphatic heterocycles. The summed E-state index contributed by atoms with van der Waals surface area (Å²) in [5.74, 6) is 2.21. The van der Waals surface area contributed by atoms with Crippen LogP contribution in [0.25, 0.3) is 22.4 Å². The molecular weight excluding hydrogens is 392 g/mol. The van der Waals surface area contributed by atoms with E-state index >= 15 is 0 Å². The standard InChI is InChI=1S/C23H24N6O2/c1-28-14-23(26-27-28)22-12-24-20-7-6-16(10-21(20)25-22)29(13-15-4-5-15)17-8-18(30-2)11-19(9-17)31-3/h6-12,14-15H,4-5,13H2,1-3H3. The smallest absolute Gasteiger partial charge is 0.133 e. The van der Waals surface area contributed by atoms with Gasteiger partial charge in [-0.15, -0.1) is 5.10 Å². The third-order valence-corrected chi connectivity index (χ3v) is 5.49. The molecule has 0 spiro atoms. The Morgan fingerprint density at radius 2 is 1.74 bits per heavy atom. The number of aromatic nitrogens is 5. The Morgan fingerprint density at radius 3 is 2.39 bits per heavy atom. The molecule has 2 aromatic heterocycles. The summed E-state index contributed by atoms with van der Waals surface area (Å²) in [7, 11) is 5.17. The van der Waals surface area contributed by atoms with Gasteiger partial charge in [-0.25, -0.2) is 4.98 Å². The zero-order valence-corrected chi connectivity index (χ0v) is 17.8. The van der Waals surface area contributed by atoms with Gasteiger partial charge in [0.2, 0.25) is 0 Å². The minimum absolute atomic E-state index is 0.685. The third kappa shape index (κ3) is 4.01. The molecule has 5 rings (SSSR count). The van der Waals surface area contributed by atoms with Crippen LogP contribution in [-0.2, 0) is 7.05 Å². The molecule has 0 bridgehead atoms. The molecular formula is C23H24N6O2. The van der Waals surface area contributed by atoms with Crippen molar-refractivity contribution < 1.29 is 9.47 Å². The first-order chi connectivity index (χ1) is 15.1. The number of aryl methyl sites for hydroxylation is 1. The Labute approximate surface area is 180 Å². The van der Waals surface area contributed by atoms with Crippen LogP contribution in [0.2, 0.25) is 0 Å². The summed E-state index contributed by atoms with van der Waals surface area (Å²) in [6.45, 7) is 0.930. The van der Waals surface area contributed by atoms with E-state index in [1.807, 2.05) is 37.5 Å². The monoisotopic (exact) mass is 416 g/mol. The molecule has 1 aliphatic rings. The van der Waals surface area contributed by atoms with Crippen LogP contribution in [-0.4, -0.2) is 45.7 Å². The second-order valence-corrected chi connectivity index (χ2v) is 7.83. The first-order valence-corrected chi connectivity index (χ1v) is 10.3. The highest BCUT2D eigenvalue weighted by atomic mass is 16.5. The maximum atomic E-state index is 5.50. The van der Waals surface area contributed by atoms with E-state index in [4.69, 9.17) is 14.5 Å². The number of benzene rings is 2. The number of fused-ring (bicyclic) bond motifs is 1. The molecule has 1 saturated carbocycles. The van der Waals surface area contributed by atoms with Crippen LogP contribution in [0.5, 0.6) is 11.5 Å². The topological polar surface area (TPSA) is 78.2 Å². The Bertz CT molecular complexity index is 1210. The lowest BCUT2D eigenvalue weighted by molar-refractivity contribution is 0.394. The Kier molecular flexibility index (Phi) is 4.89. The van der Waals surface area contributed by atoms with E-state index in [0.717, 1.165) is 40.5 Å². The van der Waals surface area contributed by atoms with Crippen molar-refractivity contribution in [3.05, 3.63) is 48.8 Å². The van der Waals surface area contributed by atoms with Crippen molar-refractivity contribution in [2.24, 2.45) is 13.0 Å². The van der Waals surface area contributed by atoms with Crippen molar-refractivity contribution >= 4 is 22.4 Å². The number of nitrogens with zero attached hydrogens (tertiary/aromatic N) is 6. The molecule has 0 amide bonds. The molecule has 0 unspecified atom stereocenters. The number of methoxy groups -OCH3 is 2. The van der Waals surface area contributed by atoms with Gasteiger partial charge in [-0.1, -0.05) is 5.21 Å². The second kappa shape index (κ2) is 7.86. The second-order valence-electron chi connectivity index (χ2n) is 7.83. The number of ether oxygens (including phenoxy) is 2. The van der Waals surface area contributed by atoms with Crippen molar-refractivity contribution in [2.45, 2.75) is 12.8 Å². The van der Waals surface area contributed by atoms with Gasteiger partial charge in [0.05, 0.1) is 37.6 Å². The Balaban J connectivity index is 1.58. The fraction of sp³-hybridized carbons (Fsp3) is 0.304. The largest absolute Gasteiger partial charge is 0.497 e. The molecule has 0 saturated heterocycles. The molecule has 8 nitrogen and oxygen atoms in total. The molecule has 2 aromatic carbocycles. The summed E-state index contributed by atoms with van der Waals surface area (Å²) in [4.78, 5) is 11.7. The first kappa shape index (κ1) is 19.3. The van der Waals surface area contributed by atoms with Gasteiger partial charge in [0.25, 0.3) is 0 Å². The highest BCUT2D eigenvalue weighted by molar-refractivity contribution is 5.82. The minimum Gasteiger partial charge on any atom is -0.497 e. The maximum absolute atomic E-state index is 5.50. The SMILES string of the molecule is COc1cc(OC)cc(N(CC2CC2)c2ccc3ncc(-c4cn(C)nn4)nc3c2)c1. The van der Waals surface area contributed by atoms with Crippen LogP contribution in [0.4, 0.5) is 11.4 Å². The number of hydrogen-bond donors (Lipinski definition) is 0. The van der Waals surface area contributed by atoms with E-state index in [9.17, 15) is 0 Å². The van der Waals surface area contributed by atoms with E-state index in [0.29, 0.717) is 17.3 Å². The van der Waals surface area contributed by atoms with Crippen molar-refractivity contribution in [2.75, 3.05) is 25.7 Å². The quantitative estimate of drug-likeness (QED) is 0.451. The van der Waals surface area contributed by atoms with Crippen LogP contribution in [0.3, 0.4) is 0 Å². The normalized spacial score (nSPS) is 13.4. The van der Waals surface area contributed by atoms with Gasteiger partial charge in [-0.05, 0) is 37.0 Å². The van der Waals surface area contributed by atoms with Gasteiger partial charge in [-0.2, -0.15) is 0 Å². The molecule has 8 heteroatoms. The van der Waals surface area contributed by atoms with Crippen LogP contribution in [0.1, 0.15) is 12.8 Å². The van der Waals surface area contributed by atoms with Gasteiger partial charge in [0.1, 0.15) is 22.9 Å². The third-order valence-electron chi connectivity index (χ3n) is 5.49. The van der Waals surface area contributed by atoms with Crippen molar-refractivity contribution in [3.8, 4) is 22.9 Å². The lowest BCUT2D eigenvalue weighted by atomic mass is 10.1. The van der Waals surface area contributed by atoms with E-state index in [1.165, 1.54) is 12.8 Å². The average Bonchev–Trinajstić information content (AvgIpc) is 3.53. The number of hydrogen-bond acceptors (Lipinski definition) is 7. The molecule has 158 valence electrons. The summed E-state index contributed by atoms with van der Waals surface area (Å²) < 4.78 is 12.7. The molecule has 0 N–H and O–H groups in total. The molecule has 0 radical (unpaired) electrons. The number of rotatable bonds is 7. The molecule has 2 heterocycles. The summed E-state index contributed by atoms with van der Waals surface area (Å²) in [5.41, 5.74) is 5.15. The lowest BCUT2D eigenvalue weighted by Gasteiger charge is -2.26. The first-order valence-electron chi connectivity index (χ1n) is 10.3. The van der Waals surface area contributed by atoms with E-state index in [1.54, 1.807) is 25.1 Å². The van der Waals surface area contributed by atoms with Crippen molar-refractivity contribution in [3.63, 3.8) is 0 Å². The predicted molar refractivity (Wildman–Crippen MR) is 119 cm³/mol. The summed E-state index contributed by atoms with van der Waals surface area (Å²) in [6, 6.07) is 12.1. The van der Waals surface area contributed by atoms with Crippen LogP contribution in [0.15, 0.2) is 48.8 Å². The van der Waals surface area contributed by atoms with E-state index < -0.39 is 0 Å². The highest BCUT2D eigenvalue weighted by Gasteiger charge is 2.26. The summed E-state index contributed by atoms with van der Waals surface area (Å²) in [6.07, 6.45) is 6.08. The zero-order chi connectivity index (χ0) is 21.4. The average molecular weight is 416 g/mol. The van der Waals surface area contributed by atoms with Crippen LogP contribution < -0.4 is 14.4 Å². The molecule has 31 heavy (non-hydrogen) atoms. The fourth-order valence-electron chi connectivity index (χ4n) is 3.62. The number of anilines is 2. The molecule has 1 aliphatic carbocycles. The van der Waals surface area contributed by atoms with Gasteiger partial charge < -0.3 is 14.4 Å². The zero-order valence-electron chi connectivity index (χ0n) is 17.8. The van der Waals surface area contributed by atoms with Crippen LogP contribution in [0, 0.1) is 5.92 Å². The van der Waals surface area contributed by atoms with Crippen molar-refractivity contribution in [1.82, 2.24) is 25.0 Å².